The number of benzene rings is 12. The van der Waals surface area contributed by atoms with Crippen LogP contribution in [0.25, 0.3) is 86.2 Å². The number of para-hydroxylation sites is 1. The van der Waals surface area contributed by atoms with Crippen LogP contribution in [0.1, 0.15) is 36.1 Å². The minimum Gasteiger partial charge on any atom is -0.455 e. The van der Waals surface area contributed by atoms with E-state index in [4.69, 9.17) is 4.74 Å². The first-order valence-corrected chi connectivity index (χ1v) is 27.0. The number of ether oxygens (including phenoxy) is 1. The highest BCUT2D eigenvalue weighted by atomic mass is 32.1. The number of anilines is 3. The molecule has 1 aliphatic carbocycles. The van der Waals surface area contributed by atoms with Gasteiger partial charge in [0.1, 0.15) is 11.5 Å². The van der Waals surface area contributed by atoms with Gasteiger partial charge in [-0.05, 0) is 129 Å². The summed E-state index contributed by atoms with van der Waals surface area (Å²) in [4.78, 5) is 2.41. The van der Waals surface area contributed by atoms with Crippen LogP contribution < -0.4 is 9.64 Å². The molecule has 0 N–H and O–H groups in total. The van der Waals surface area contributed by atoms with Gasteiger partial charge in [0.05, 0.1) is 11.1 Å². The molecule has 3 heteroatoms. The highest BCUT2D eigenvalue weighted by Gasteiger charge is 2.52. The van der Waals surface area contributed by atoms with Gasteiger partial charge in [0, 0.05) is 59.0 Å². The maximum absolute atomic E-state index is 7.23. The van der Waals surface area contributed by atoms with E-state index in [1.807, 2.05) is 37.3 Å². The van der Waals surface area contributed by atoms with E-state index in [9.17, 15) is 0 Å². The topological polar surface area (TPSA) is 12.5 Å². The molecule has 76 heavy (non-hydrogen) atoms. The van der Waals surface area contributed by atoms with Crippen LogP contribution in [0.3, 0.4) is 0 Å². The number of hydrogen-bond donors (Lipinski definition) is 0. The molecule has 1 aliphatic heterocycles. The molecule has 0 saturated heterocycles. The van der Waals surface area contributed by atoms with Crippen molar-refractivity contribution in [2.45, 2.75) is 19.3 Å². The highest BCUT2D eigenvalue weighted by Crippen LogP contribution is 2.64. The Labute approximate surface area is 447 Å². The summed E-state index contributed by atoms with van der Waals surface area (Å²) in [7, 11) is 0. The fourth-order valence-corrected chi connectivity index (χ4v) is 13.1. The van der Waals surface area contributed by atoms with Gasteiger partial charge >= 0.3 is 0 Å². The first-order valence-electron chi connectivity index (χ1n) is 26.2. The van der Waals surface area contributed by atoms with Crippen LogP contribution in [-0.4, -0.2) is 0 Å². The fraction of sp³-hybridized carbons (Fsp3) is 0.0411. The molecule has 15 rings (SSSR count). The van der Waals surface area contributed by atoms with Crippen molar-refractivity contribution in [2.24, 2.45) is 0 Å². The quantitative estimate of drug-likeness (QED) is 0.154. The Morgan fingerprint density at radius 2 is 0.842 bits per heavy atom. The van der Waals surface area contributed by atoms with Gasteiger partial charge in [0.15, 0.2) is 0 Å². The third kappa shape index (κ3) is 7.22. The minimum absolute atomic E-state index is 0.619. The lowest BCUT2D eigenvalue weighted by Gasteiger charge is -2.40. The molecule has 360 valence electrons. The third-order valence-corrected chi connectivity index (χ3v) is 16.8. The lowest BCUT2D eigenvalue weighted by Crippen LogP contribution is -2.32. The summed E-state index contributed by atoms with van der Waals surface area (Å²) in [6.45, 7) is 4.00. The maximum Gasteiger partial charge on any atom is 0.140 e. The molecule has 0 atom stereocenters. The molecule has 0 unspecified atom stereocenters. The molecule has 12 aromatic carbocycles. The molecule has 13 aromatic rings. The average Bonchev–Trinajstić information content (AvgIpc) is 4.08. The van der Waals surface area contributed by atoms with Crippen LogP contribution in [0.4, 0.5) is 17.1 Å². The molecule has 0 bridgehead atoms. The number of allylic oxidation sites excluding steroid dienone is 2. The van der Waals surface area contributed by atoms with Gasteiger partial charge in [-0.15, -0.1) is 11.3 Å². The van der Waals surface area contributed by atoms with Crippen LogP contribution in [0.2, 0.25) is 0 Å². The van der Waals surface area contributed by atoms with E-state index in [-0.39, 0.29) is 0 Å². The number of hydrogen-bond acceptors (Lipinski definition) is 3. The van der Waals surface area contributed by atoms with E-state index < -0.39 is 5.41 Å². The van der Waals surface area contributed by atoms with Gasteiger partial charge in [-0.3, -0.25) is 0 Å². The Morgan fingerprint density at radius 3 is 1.50 bits per heavy atom. The van der Waals surface area contributed by atoms with Crippen molar-refractivity contribution in [3.05, 3.63) is 295 Å². The summed E-state index contributed by atoms with van der Waals surface area (Å²) in [5.74, 6) is 1.85. The Balaban J connectivity index is 0.00000128. The van der Waals surface area contributed by atoms with Gasteiger partial charge in [-0.2, -0.15) is 0 Å². The molecule has 0 radical (unpaired) electrons. The van der Waals surface area contributed by atoms with Crippen LogP contribution >= 0.6 is 11.3 Å². The fourth-order valence-electron chi connectivity index (χ4n) is 12.1. The zero-order valence-corrected chi connectivity index (χ0v) is 43.1. The smallest absolute Gasteiger partial charge is 0.140 e. The Bertz CT molecular complexity index is 4310. The van der Waals surface area contributed by atoms with E-state index in [1.54, 1.807) is 0 Å². The van der Waals surface area contributed by atoms with Crippen molar-refractivity contribution in [1.29, 1.82) is 0 Å². The first-order chi connectivity index (χ1) is 37.6. The summed E-state index contributed by atoms with van der Waals surface area (Å²) in [6, 6.07) is 95.9. The van der Waals surface area contributed by atoms with E-state index in [1.165, 1.54) is 81.4 Å². The number of fused-ring (bicyclic) bond motifs is 16. The third-order valence-electron chi connectivity index (χ3n) is 15.7. The molecule has 2 heterocycles. The number of thiophene rings is 1. The predicted octanol–water partition coefficient (Wildman–Crippen LogP) is 20.9. The zero-order chi connectivity index (χ0) is 50.7. The van der Waals surface area contributed by atoms with Crippen molar-refractivity contribution >= 4 is 70.1 Å². The molecular weight excluding hydrogens is 939 g/mol. The van der Waals surface area contributed by atoms with E-state index >= 15 is 0 Å². The van der Waals surface area contributed by atoms with Gasteiger partial charge in [-0.25, -0.2) is 0 Å². The summed E-state index contributed by atoms with van der Waals surface area (Å²) in [5.41, 5.74) is 17.1. The van der Waals surface area contributed by atoms with Crippen LogP contribution in [0.5, 0.6) is 11.5 Å². The summed E-state index contributed by atoms with van der Waals surface area (Å²) in [6.07, 6.45) is 4.00. The summed E-state index contributed by atoms with van der Waals surface area (Å²) >= 11 is 1.86. The molecule has 2 aliphatic rings. The Morgan fingerprint density at radius 1 is 0.342 bits per heavy atom. The van der Waals surface area contributed by atoms with Crippen molar-refractivity contribution in [3.63, 3.8) is 0 Å². The summed E-state index contributed by atoms with van der Waals surface area (Å²) in [5, 5.41) is 7.19. The molecule has 1 spiro atoms. The molecule has 0 fully saturated rings. The van der Waals surface area contributed by atoms with Crippen molar-refractivity contribution < 1.29 is 4.74 Å². The highest BCUT2D eigenvalue weighted by molar-refractivity contribution is 7.25. The normalized spacial score (nSPS) is 12.8. The second kappa shape index (κ2) is 18.6. The predicted molar refractivity (Wildman–Crippen MR) is 323 cm³/mol. The monoisotopic (exact) mass is 989 g/mol. The van der Waals surface area contributed by atoms with Crippen LogP contribution in [-0.2, 0) is 5.41 Å². The number of rotatable bonds is 6. The largest absolute Gasteiger partial charge is 0.455 e. The lowest BCUT2D eigenvalue weighted by molar-refractivity contribution is 0.447. The average molecular weight is 990 g/mol. The molecule has 1 aromatic heterocycles. The standard InChI is InChI=1S/C69H43NOS.C4H8/c1-2-14-46(15-3-1)53-18-9-12-24-64(53)70(51-34-26-44(27-35-51)49-33-41-66-59(42-49)58-22-10-13-25-65(58)72-66)52-36-28-45(29-37-52)50-30-38-57-56-21-8-11-23-60(56)69(63(57)43-50)61-39-31-47-16-4-6-19-54(47)67(61)71-68-55-20-7-5-17-48(55)32-40-62(68)69;1-3-4-2/h1-43H;3-4H,1-2H3/b;4-3-. The minimum atomic E-state index is -0.619. The Kier molecular flexibility index (Phi) is 11.1. The van der Waals surface area contributed by atoms with E-state index in [2.05, 4.69) is 266 Å². The first kappa shape index (κ1) is 45.3. The van der Waals surface area contributed by atoms with Gasteiger partial charge in [0.25, 0.3) is 0 Å². The molecule has 0 saturated carbocycles. The van der Waals surface area contributed by atoms with Crippen LogP contribution in [0, 0.1) is 0 Å². The van der Waals surface area contributed by atoms with Gasteiger partial charge in [-0.1, -0.05) is 218 Å². The maximum atomic E-state index is 7.23. The lowest BCUT2D eigenvalue weighted by atomic mass is 9.65. The van der Waals surface area contributed by atoms with E-state index in [0.717, 1.165) is 55.7 Å². The molecular formula is C73H51NOS. The van der Waals surface area contributed by atoms with Gasteiger partial charge in [0.2, 0.25) is 0 Å². The SMILES string of the molecule is C/C=C\C.c1ccc(-c2ccccc2N(c2ccc(-c3ccc4c(c3)C3(c5ccccc5-4)c4ccc5ccccc5c4Oc4c3ccc3ccccc43)cc2)c2ccc(-c3ccc4sc5ccccc5c4c3)cc2)cc1. The van der Waals surface area contributed by atoms with Crippen molar-refractivity contribution in [1.82, 2.24) is 0 Å². The second-order valence-electron chi connectivity index (χ2n) is 19.8. The number of nitrogens with zero attached hydrogens (tertiary/aromatic N) is 1. The molecule has 2 nitrogen and oxygen atoms in total. The summed E-state index contributed by atoms with van der Waals surface area (Å²) < 4.78 is 9.87. The van der Waals surface area contributed by atoms with Crippen molar-refractivity contribution in [2.75, 3.05) is 4.90 Å². The van der Waals surface area contributed by atoms with Crippen molar-refractivity contribution in [3.8, 4) is 56.0 Å². The Hall–Kier alpha value is -9.28. The van der Waals surface area contributed by atoms with Gasteiger partial charge < -0.3 is 9.64 Å². The van der Waals surface area contributed by atoms with Crippen LogP contribution in [0.15, 0.2) is 273 Å². The molecule has 0 amide bonds. The second-order valence-corrected chi connectivity index (χ2v) is 20.9. The van der Waals surface area contributed by atoms with E-state index in [0.29, 0.717) is 0 Å². The zero-order valence-electron chi connectivity index (χ0n) is 42.2.